The highest BCUT2D eigenvalue weighted by Gasteiger charge is 2.35. The number of unbranched alkanes of at least 4 members (excludes halogenated alkanes) is 15. The van der Waals surface area contributed by atoms with Crippen LogP contribution < -0.4 is 0 Å². The van der Waals surface area contributed by atoms with Crippen LogP contribution in [0.3, 0.4) is 0 Å². The van der Waals surface area contributed by atoms with E-state index in [1.807, 2.05) is 21.1 Å². The van der Waals surface area contributed by atoms with Crippen molar-refractivity contribution in [3.05, 3.63) is 0 Å². The van der Waals surface area contributed by atoms with Gasteiger partial charge in [0.15, 0.2) is 5.67 Å². The van der Waals surface area contributed by atoms with E-state index in [-0.39, 0.29) is 19.8 Å². The summed E-state index contributed by atoms with van der Waals surface area (Å²) >= 11 is 0. The SMILES string of the molecule is CCCCCCCCCCCCCCCCCCOCC(F)(COC)COP(=O)(O)OCC[N+](C)(C)C. The van der Waals surface area contributed by atoms with E-state index in [9.17, 15) is 9.46 Å². The third kappa shape index (κ3) is 25.9. The van der Waals surface area contributed by atoms with Crippen LogP contribution in [0.2, 0.25) is 0 Å². The minimum Gasteiger partial charge on any atom is -0.381 e. The van der Waals surface area contributed by atoms with Crippen molar-refractivity contribution in [2.75, 3.05) is 67.8 Å². The molecule has 224 valence electrons. The van der Waals surface area contributed by atoms with Crippen molar-refractivity contribution >= 4 is 7.82 Å². The minimum absolute atomic E-state index is 0.0383. The van der Waals surface area contributed by atoms with Gasteiger partial charge in [-0.1, -0.05) is 103 Å². The molecule has 0 saturated carbocycles. The second kappa shape index (κ2) is 22.7. The first-order valence-corrected chi connectivity index (χ1v) is 16.2. The lowest BCUT2D eigenvalue weighted by atomic mass is 10.0. The Morgan fingerprint density at radius 3 is 1.59 bits per heavy atom. The largest absolute Gasteiger partial charge is 0.472 e. The molecular formula is C28H60FNO6P+. The van der Waals surface area contributed by atoms with Gasteiger partial charge in [0.05, 0.1) is 41.0 Å². The van der Waals surface area contributed by atoms with Crippen molar-refractivity contribution in [3.8, 4) is 0 Å². The lowest BCUT2D eigenvalue weighted by Crippen LogP contribution is -2.40. The Morgan fingerprint density at radius 1 is 0.703 bits per heavy atom. The van der Waals surface area contributed by atoms with Crippen LogP contribution in [0.4, 0.5) is 4.39 Å². The first-order valence-electron chi connectivity index (χ1n) is 14.7. The van der Waals surface area contributed by atoms with Crippen LogP contribution in [0.5, 0.6) is 0 Å². The van der Waals surface area contributed by atoms with E-state index in [0.29, 0.717) is 17.6 Å². The number of rotatable bonds is 28. The molecule has 0 aromatic rings. The average molecular weight is 557 g/mol. The van der Waals surface area contributed by atoms with Crippen LogP contribution in [0.1, 0.15) is 110 Å². The number of alkyl halides is 1. The first kappa shape index (κ1) is 36.9. The highest BCUT2D eigenvalue weighted by molar-refractivity contribution is 7.47. The number of likely N-dealkylation sites (N-methyl/N-ethyl adjacent to an activating group) is 1. The van der Waals surface area contributed by atoms with Gasteiger partial charge in [-0.2, -0.15) is 0 Å². The number of methoxy groups -OCH3 is 1. The highest BCUT2D eigenvalue weighted by Crippen LogP contribution is 2.44. The number of nitrogens with zero attached hydrogens (tertiary/aromatic N) is 1. The Labute approximate surface area is 228 Å². The Balaban J connectivity index is 3.74. The molecule has 1 N–H and O–H groups in total. The molecule has 0 aromatic carbocycles. The lowest BCUT2D eigenvalue weighted by Gasteiger charge is -2.26. The second-order valence-corrected chi connectivity index (χ2v) is 13.0. The zero-order chi connectivity index (χ0) is 27.9. The van der Waals surface area contributed by atoms with Gasteiger partial charge in [-0.05, 0) is 6.42 Å². The lowest BCUT2D eigenvalue weighted by molar-refractivity contribution is -0.870. The summed E-state index contributed by atoms with van der Waals surface area (Å²) in [5.74, 6) is 0. The highest BCUT2D eigenvalue weighted by atomic mass is 31.2. The van der Waals surface area contributed by atoms with Gasteiger partial charge >= 0.3 is 7.82 Å². The van der Waals surface area contributed by atoms with Crippen molar-refractivity contribution in [1.82, 2.24) is 0 Å². The van der Waals surface area contributed by atoms with E-state index in [1.54, 1.807) is 0 Å². The predicted molar refractivity (Wildman–Crippen MR) is 151 cm³/mol. The molecule has 9 heteroatoms. The molecule has 0 spiro atoms. The number of phosphoric ester groups is 1. The standard InChI is InChI=1S/C28H59FNO6P/c1-6-7-8-9-10-11-12-13-14-15-16-17-18-19-20-21-23-34-26-28(29,25-33-5)27-36-37(31,32)35-24-22-30(2,3)4/h6-27H2,1-5H3/p+1. The van der Waals surface area contributed by atoms with E-state index in [1.165, 1.54) is 97.0 Å². The zero-order valence-corrected chi connectivity index (χ0v) is 25.7. The summed E-state index contributed by atoms with van der Waals surface area (Å²) in [6, 6.07) is 0. The van der Waals surface area contributed by atoms with Gasteiger partial charge < -0.3 is 18.9 Å². The smallest absolute Gasteiger partial charge is 0.381 e. The molecule has 2 atom stereocenters. The van der Waals surface area contributed by atoms with E-state index in [2.05, 4.69) is 6.92 Å². The van der Waals surface area contributed by atoms with Crippen molar-refractivity contribution in [3.63, 3.8) is 0 Å². The molecule has 0 bridgehead atoms. The fraction of sp³-hybridized carbons (Fsp3) is 1.00. The molecule has 2 unspecified atom stereocenters. The van der Waals surface area contributed by atoms with Gasteiger partial charge in [0.25, 0.3) is 0 Å². The maximum atomic E-state index is 15.1. The molecule has 7 nitrogen and oxygen atoms in total. The van der Waals surface area contributed by atoms with Gasteiger partial charge in [0.1, 0.15) is 13.2 Å². The zero-order valence-electron chi connectivity index (χ0n) is 24.8. The molecule has 0 saturated heterocycles. The Kier molecular flexibility index (Phi) is 22.7. The molecule has 0 aliphatic rings. The van der Waals surface area contributed by atoms with E-state index in [0.717, 1.165) is 12.8 Å². The molecule has 0 aliphatic heterocycles. The number of halogens is 1. The Bertz CT molecular complexity index is 563. The summed E-state index contributed by atoms with van der Waals surface area (Å²) < 4.78 is 48.0. The maximum Gasteiger partial charge on any atom is 0.472 e. The van der Waals surface area contributed by atoms with Crippen LogP contribution in [0.15, 0.2) is 0 Å². The van der Waals surface area contributed by atoms with E-state index in [4.69, 9.17) is 18.5 Å². The fourth-order valence-corrected chi connectivity index (χ4v) is 4.84. The molecule has 0 fully saturated rings. The average Bonchev–Trinajstić information content (AvgIpc) is 2.81. The van der Waals surface area contributed by atoms with Gasteiger partial charge in [0.2, 0.25) is 0 Å². The van der Waals surface area contributed by atoms with E-state index < -0.39 is 20.1 Å². The summed E-state index contributed by atoms with van der Waals surface area (Å²) in [6.07, 6.45) is 20.8. The number of phosphoric acid groups is 1. The Hall–Kier alpha value is -0.0800. The number of hydrogen-bond acceptors (Lipinski definition) is 5. The summed E-state index contributed by atoms with van der Waals surface area (Å²) in [6.45, 7) is 2.11. The van der Waals surface area contributed by atoms with Gasteiger partial charge in [-0.15, -0.1) is 0 Å². The topological polar surface area (TPSA) is 74.2 Å². The summed E-state index contributed by atoms with van der Waals surface area (Å²) in [5.41, 5.74) is -2.01. The van der Waals surface area contributed by atoms with Crippen molar-refractivity contribution in [1.29, 1.82) is 0 Å². The molecule has 0 amide bonds. The summed E-state index contributed by atoms with van der Waals surface area (Å²) in [5, 5.41) is 0. The maximum absolute atomic E-state index is 15.1. The monoisotopic (exact) mass is 556 g/mol. The van der Waals surface area contributed by atoms with Crippen LogP contribution in [0.25, 0.3) is 0 Å². The normalized spacial score (nSPS) is 15.5. The third-order valence-corrected chi connectivity index (χ3v) is 7.37. The molecule has 0 aliphatic carbocycles. The summed E-state index contributed by atoms with van der Waals surface area (Å²) in [7, 11) is 2.85. The molecule has 0 aromatic heterocycles. The number of quaternary nitrogens is 1. The van der Waals surface area contributed by atoms with Crippen LogP contribution >= 0.6 is 7.82 Å². The van der Waals surface area contributed by atoms with Gasteiger partial charge in [-0.25, -0.2) is 8.96 Å². The first-order chi connectivity index (χ1) is 17.5. The van der Waals surface area contributed by atoms with Crippen molar-refractivity contribution in [2.24, 2.45) is 0 Å². The molecule has 0 rings (SSSR count). The van der Waals surface area contributed by atoms with Crippen molar-refractivity contribution in [2.45, 2.75) is 115 Å². The summed E-state index contributed by atoms with van der Waals surface area (Å²) in [4.78, 5) is 9.83. The molecule has 37 heavy (non-hydrogen) atoms. The van der Waals surface area contributed by atoms with Gasteiger partial charge in [-0.3, -0.25) is 9.05 Å². The number of ether oxygens (including phenoxy) is 2. The third-order valence-electron chi connectivity index (χ3n) is 6.41. The molecular weight excluding hydrogens is 496 g/mol. The number of hydrogen-bond donors (Lipinski definition) is 1. The molecule has 0 heterocycles. The Morgan fingerprint density at radius 2 is 1.16 bits per heavy atom. The van der Waals surface area contributed by atoms with Crippen molar-refractivity contribution < 1.29 is 36.9 Å². The van der Waals surface area contributed by atoms with E-state index >= 15 is 4.39 Å². The fourth-order valence-electron chi connectivity index (χ4n) is 4.06. The van der Waals surface area contributed by atoms with Crippen LogP contribution in [-0.2, 0) is 23.1 Å². The van der Waals surface area contributed by atoms with Gasteiger partial charge in [0, 0.05) is 13.7 Å². The predicted octanol–water partition coefficient (Wildman–Crippen LogP) is 7.46. The van der Waals surface area contributed by atoms with Crippen LogP contribution in [0, 0.1) is 0 Å². The quantitative estimate of drug-likeness (QED) is 0.0613. The minimum atomic E-state index is -4.34. The van der Waals surface area contributed by atoms with Crippen LogP contribution in [-0.4, -0.2) is 82.9 Å². The second-order valence-electron chi connectivity index (χ2n) is 11.5. The molecule has 0 radical (unpaired) electrons.